The highest BCUT2D eigenvalue weighted by Crippen LogP contribution is 2.51. The quantitative estimate of drug-likeness (QED) is 0.255. The number of pyridine rings is 2. The van der Waals surface area contributed by atoms with E-state index in [2.05, 4.69) is 15.0 Å². The molecule has 5 heterocycles. The van der Waals surface area contributed by atoms with Crippen LogP contribution >= 0.6 is 0 Å². The number of ether oxygens (including phenoxy) is 4. The van der Waals surface area contributed by atoms with Crippen molar-refractivity contribution >= 4 is 34.5 Å². The van der Waals surface area contributed by atoms with Gasteiger partial charge in [-0.3, -0.25) is 10.2 Å². The molecule has 53 heavy (non-hydrogen) atoms. The van der Waals surface area contributed by atoms with E-state index in [1.165, 1.54) is 0 Å². The van der Waals surface area contributed by atoms with Gasteiger partial charge in [0.1, 0.15) is 28.8 Å². The highest BCUT2D eigenvalue weighted by atomic mass is 19.4. The number of halogens is 5. The third-order valence-electron chi connectivity index (χ3n) is 9.53. The molecule has 0 unspecified atom stereocenters. The van der Waals surface area contributed by atoms with Crippen LogP contribution in [0, 0.1) is 18.6 Å². The third-order valence-corrected chi connectivity index (χ3v) is 9.53. The van der Waals surface area contributed by atoms with Crippen molar-refractivity contribution in [1.82, 2.24) is 14.9 Å². The summed E-state index contributed by atoms with van der Waals surface area (Å²) in [5.41, 5.74) is 2.34. The second kappa shape index (κ2) is 12.7. The van der Waals surface area contributed by atoms with Crippen LogP contribution in [-0.4, -0.2) is 74.9 Å². The zero-order valence-electron chi connectivity index (χ0n) is 30.9. The number of benzene rings is 1. The second-order valence-corrected chi connectivity index (χ2v) is 15.9. The van der Waals surface area contributed by atoms with Crippen molar-refractivity contribution in [2.75, 3.05) is 16.8 Å². The molecule has 2 aromatic heterocycles. The molecule has 12 nitrogen and oxygen atoms in total. The molecule has 3 aliphatic rings. The summed E-state index contributed by atoms with van der Waals surface area (Å²) in [6.07, 6.45) is -6.46. The van der Waals surface area contributed by atoms with Gasteiger partial charge < -0.3 is 29.6 Å². The SMILES string of the molecule is Cc1c(CN)nc2c3c(nc(-c4cc(NC(=O)OC(C)(C)C)cc(F)c4OC(F)(F)F)c(F)c13)O[C@@H](C)[C@@H]1[C@@H]3CC[C@](C)(CN21)N3C(=O)OC(C)(C)C. The van der Waals surface area contributed by atoms with Crippen molar-refractivity contribution < 1.29 is 50.5 Å². The van der Waals surface area contributed by atoms with E-state index < -0.39 is 82.1 Å². The Morgan fingerprint density at radius 2 is 1.72 bits per heavy atom. The summed E-state index contributed by atoms with van der Waals surface area (Å²) in [6.45, 7) is 15.4. The summed E-state index contributed by atoms with van der Waals surface area (Å²) >= 11 is 0. The molecule has 2 amide bonds. The Morgan fingerprint density at radius 3 is 2.32 bits per heavy atom. The topological polar surface area (TPSA) is 141 Å². The van der Waals surface area contributed by atoms with E-state index in [1.807, 2.05) is 11.8 Å². The number of piperazine rings is 1. The van der Waals surface area contributed by atoms with Crippen molar-refractivity contribution in [1.29, 1.82) is 0 Å². The number of anilines is 2. The zero-order chi connectivity index (χ0) is 39.2. The first-order chi connectivity index (χ1) is 24.4. The molecule has 288 valence electrons. The molecule has 0 aliphatic carbocycles. The third kappa shape index (κ3) is 7.06. The highest BCUT2D eigenvalue weighted by molar-refractivity contribution is 6.02. The number of alkyl halides is 3. The summed E-state index contributed by atoms with van der Waals surface area (Å²) in [4.78, 5) is 39.2. The van der Waals surface area contributed by atoms with E-state index in [-0.39, 0.29) is 52.5 Å². The molecule has 3 aliphatic heterocycles. The fourth-order valence-electron chi connectivity index (χ4n) is 7.63. The van der Waals surface area contributed by atoms with E-state index >= 15 is 8.78 Å². The van der Waals surface area contributed by atoms with E-state index in [0.717, 1.165) is 6.07 Å². The molecule has 3 N–H and O–H groups in total. The largest absolute Gasteiger partial charge is 0.573 e. The van der Waals surface area contributed by atoms with Crippen LogP contribution in [0.2, 0.25) is 0 Å². The number of nitrogens with zero attached hydrogens (tertiary/aromatic N) is 4. The van der Waals surface area contributed by atoms with E-state index in [4.69, 9.17) is 24.9 Å². The van der Waals surface area contributed by atoms with Gasteiger partial charge in [0.15, 0.2) is 17.4 Å². The van der Waals surface area contributed by atoms with Crippen molar-refractivity contribution in [3.63, 3.8) is 0 Å². The number of nitrogens with one attached hydrogen (secondary N) is 1. The summed E-state index contributed by atoms with van der Waals surface area (Å²) in [7, 11) is 0. The summed E-state index contributed by atoms with van der Waals surface area (Å²) < 4.78 is 95.5. The van der Waals surface area contributed by atoms with Crippen LogP contribution in [0.15, 0.2) is 12.1 Å². The van der Waals surface area contributed by atoms with Gasteiger partial charge in [-0.2, -0.15) is 0 Å². The number of fused-ring (bicyclic) bond motifs is 5. The van der Waals surface area contributed by atoms with Crippen molar-refractivity contribution in [3.8, 4) is 22.9 Å². The summed E-state index contributed by atoms with van der Waals surface area (Å²) in [5, 5.41) is 2.30. The van der Waals surface area contributed by atoms with Gasteiger partial charge in [-0.1, -0.05) is 0 Å². The number of aromatic nitrogens is 2. The first kappa shape index (κ1) is 38.1. The van der Waals surface area contributed by atoms with Crippen LogP contribution in [0.5, 0.6) is 11.6 Å². The van der Waals surface area contributed by atoms with E-state index in [9.17, 15) is 22.8 Å². The lowest BCUT2D eigenvalue weighted by Crippen LogP contribution is -2.69. The van der Waals surface area contributed by atoms with Gasteiger partial charge in [0.2, 0.25) is 5.88 Å². The maximum absolute atomic E-state index is 17.2. The molecule has 2 fully saturated rings. The highest BCUT2D eigenvalue weighted by Gasteiger charge is 2.59. The van der Waals surface area contributed by atoms with Gasteiger partial charge in [-0.15, -0.1) is 13.2 Å². The minimum absolute atomic E-state index is 0.112. The molecule has 1 aromatic carbocycles. The normalized spacial score (nSPS) is 22.6. The minimum Gasteiger partial charge on any atom is -0.472 e. The molecule has 0 saturated carbocycles. The monoisotopic (exact) mass is 750 g/mol. The van der Waals surface area contributed by atoms with Crippen molar-refractivity contribution in [3.05, 3.63) is 35.0 Å². The Balaban J connectivity index is 1.57. The average Bonchev–Trinajstić information content (AvgIpc) is 3.18. The van der Waals surface area contributed by atoms with Crippen LogP contribution in [0.3, 0.4) is 0 Å². The number of amides is 2. The molecule has 6 rings (SSSR count). The van der Waals surface area contributed by atoms with Crippen LogP contribution in [-0.2, 0) is 16.0 Å². The lowest BCUT2D eigenvalue weighted by atomic mass is 9.93. The molecule has 2 bridgehead atoms. The first-order valence-electron chi connectivity index (χ1n) is 17.2. The van der Waals surface area contributed by atoms with Crippen molar-refractivity contribution in [2.45, 2.75) is 123 Å². The average molecular weight is 751 g/mol. The number of hydrogen-bond acceptors (Lipinski definition) is 10. The molecular formula is C36H43F5N6O6. The van der Waals surface area contributed by atoms with Crippen molar-refractivity contribution in [2.24, 2.45) is 5.73 Å². The maximum Gasteiger partial charge on any atom is 0.573 e. The lowest BCUT2D eigenvalue weighted by molar-refractivity contribution is -0.275. The molecular weight excluding hydrogens is 707 g/mol. The fourth-order valence-corrected chi connectivity index (χ4v) is 7.63. The number of carbonyl (C=O) groups is 2. The van der Waals surface area contributed by atoms with Gasteiger partial charge in [-0.25, -0.2) is 28.3 Å². The van der Waals surface area contributed by atoms with E-state index in [0.29, 0.717) is 18.9 Å². The standard InChI is InChI=1S/C36H43F5N6O6/c1-16-21(14-42)44-29-24-23(16)25(38)26(19-12-18(43-31(48)52-33(3,4)5)13-20(37)28(19)51-36(39,40)41)45-30(24)50-17(2)27-22-10-11-35(9,15-46(27)29)47(22)32(49)53-34(6,7)8/h12-13,17,22,27H,10-11,14-15,42H2,1-9H3,(H,43,48)/t17-,22-,27+,35+/m0/s1. The van der Waals surface area contributed by atoms with Gasteiger partial charge in [-0.05, 0) is 86.8 Å². The molecule has 2 saturated heterocycles. The zero-order valence-corrected chi connectivity index (χ0v) is 30.9. The number of aryl methyl sites for hydroxylation is 1. The molecule has 0 radical (unpaired) electrons. The number of carbonyl (C=O) groups excluding carboxylic acids is 2. The molecule has 0 spiro atoms. The number of hydrogen-bond donors (Lipinski definition) is 2. The Bertz CT molecular complexity index is 2000. The Kier molecular flexibility index (Phi) is 9.14. The lowest BCUT2D eigenvalue weighted by Gasteiger charge is -2.52. The predicted octanol–water partition coefficient (Wildman–Crippen LogP) is 7.72. The second-order valence-electron chi connectivity index (χ2n) is 15.9. The smallest absolute Gasteiger partial charge is 0.472 e. The summed E-state index contributed by atoms with van der Waals surface area (Å²) in [6, 6.07) is 0.505. The predicted molar refractivity (Wildman–Crippen MR) is 185 cm³/mol. The van der Waals surface area contributed by atoms with Crippen LogP contribution in [0.1, 0.15) is 79.5 Å². The van der Waals surface area contributed by atoms with E-state index in [1.54, 1.807) is 60.3 Å². The number of rotatable bonds is 4. The van der Waals surface area contributed by atoms with Gasteiger partial charge in [0.25, 0.3) is 0 Å². The Labute approximate surface area is 303 Å². The van der Waals surface area contributed by atoms with Crippen LogP contribution in [0.25, 0.3) is 22.0 Å². The minimum atomic E-state index is -5.39. The molecule has 4 atom stereocenters. The van der Waals surface area contributed by atoms with Crippen LogP contribution < -0.4 is 25.4 Å². The molecule has 17 heteroatoms. The maximum atomic E-state index is 17.2. The van der Waals surface area contributed by atoms with Gasteiger partial charge in [0, 0.05) is 30.2 Å². The Hall–Kier alpha value is -4.67. The number of nitrogens with two attached hydrogens (primary N) is 1. The van der Waals surface area contributed by atoms with Crippen LogP contribution in [0.4, 0.5) is 43.0 Å². The fraction of sp³-hybridized carbons (Fsp3) is 0.556. The van der Waals surface area contributed by atoms with Gasteiger partial charge in [0.05, 0.1) is 34.3 Å². The molecule has 3 aromatic rings. The summed E-state index contributed by atoms with van der Waals surface area (Å²) in [5.74, 6) is -3.99. The first-order valence-corrected chi connectivity index (χ1v) is 17.2. The Morgan fingerprint density at radius 1 is 1.06 bits per heavy atom. The van der Waals surface area contributed by atoms with Gasteiger partial charge >= 0.3 is 18.5 Å².